The maximum atomic E-state index is 13.2. The average molecular weight is 1420 g/mol. The normalized spacial score (nSPS) is 34.1. The van der Waals surface area contributed by atoms with Crippen LogP contribution in [0, 0.1) is 0 Å². The minimum atomic E-state index is -3.86. The van der Waals surface area contributed by atoms with E-state index in [1.165, 1.54) is 46.1 Å². The van der Waals surface area contributed by atoms with Gasteiger partial charge >= 0.3 is 41.1 Å². The molecule has 93 heavy (non-hydrogen) atoms. The number of esters is 3. The number of nitrogens with zero attached hydrogens (tertiary/aromatic N) is 11. The third-order valence-corrected chi connectivity index (χ3v) is 21.5. The molecule has 0 radical (unpaired) electrons. The Balaban J connectivity index is 0.000000153. The van der Waals surface area contributed by atoms with Crippen molar-refractivity contribution in [2.24, 2.45) is 0 Å². The number of ether oxygens (including phenoxy) is 6. The van der Waals surface area contributed by atoms with Gasteiger partial charge in [0.05, 0.1) is 62.8 Å². The van der Waals surface area contributed by atoms with Gasteiger partial charge in [-0.15, -0.1) is 34.8 Å². The summed E-state index contributed by atoms with van der Waals surface area (Å²) in [4.78, 5) is 66.2. The summed E-state index contributed by atoms with van der Waals surface area (Å²) in [7, 11) is -11.6. The van der Waals surface area contributed by atoms with E-state index in [0.717, 1.165) is 0 Å². The Hall–Kier alpha value is -5.39. The number of fused-ring (bicyclic) bond motifs is 6. The summed E-state index contributed by atoms with van der Waals surface area (Å²) >= 11 is 20.6. The molecule has 41 heteroatoms. The van der Waals surface area contributed by atoms with Crippen molar-refractivity contribution in [3.63, 3.8) is 0 Å². The van der Waals surface area contributed by atoms with Crippen molar-refractivity contribution >= 4 is 127 Å². The van der Waals surface area contributed by atoms with Crippen LogP contribution in [0.5, 0.6) is 0 Å². The van der Waals surface area contributed by atoms with Gasteiger partial charge in [-0.2, -0.15) is 0 Å². The van der Waals surface area contributed by atoms with E-state index < -0.39 is 129 Å². The number of nitrogens with two attached hydrogens (primary N) is 3. The fourth-order valence-corrected chi connectivity index (χ4v) is 17.4. The molecule has 6 aliphatic rings. The van der Waals surface area contributed by atoms with Gasteiger partial charge in [0.1, 0.15) is 98.6 Å². The zero-order valence-electron chi connectivity index (χ0n) is 52.3. The summed E-state index contributed by atoms with van der Waals surface area (Å²) in [6.07, 6.45) is 1.35. The fraction of sp³-hybridized carbons (Fsp3) is 0.635. The summed E-state index contributed by atoms with van der Waals surface area (Å²) in [6.45, 7) is 19.8. The van der Waals surface area contributed by atoms with Gasteiger partial charge in [0.2, 0.25) is 0 Å². The highest BCUT2D eigenvalue weighted by molar-refractivity contribution is 7.52. The molecule has 35 nitrogen and oxygen atoms in total. The number of halogens is 3. The lowest BCUT2D eigenvalue weighted by Crippen LogP contribution is -2.47. The van der Waals surface area contributed by atoms with Crippen molar-refractivity contribution in [1.82, 2.24) is 68.8 Å². The Labute approximate surface area is 547 Å². The van der Waals surface area contributed by atoms with Crippen LogP contribution in [-0.4, -0.2) is 179 Å². The zero-order chi connectivity index (χ0) is 67.7. The molecule has 6 saturated heterocycles. The molecule has 0 saturated carbocycles. The molecule has 1 unspecified atom stereocenters. The van der Waals surface area contributed by atoms with Gasteiger partial charge in [0.15, 0.2) is 47.3 Å². The third kappa shape index (κ3) is 14.4. The number of nitrogens with one attached hydrogen (secondary N) is 3. The number of nitrogen functional groups attached to an aromatic ring is 3. The van der Waals surface area contributed by atoms with Gasteiger partial charge in [-0.25, -0.2) is 68.8 Å². The molecule has 0 aromatic carbocycles. The molecule has 12 heterocycles. The molecule has 510 valence electrons. The molecule has 0 amide bonds. The van der Waals surface area contributed by atoms with E-state index in [0.29, 0.717) is 39.2 Å². The predicted octanol–water partition coefficient (Wildman–Crippen LogP) is 5.87. The number of rotatable bonds is 15. The molecule has 0 spiro atoms. The number of alkyl halides is 3. The lowest BCUT2D eigenvalue weighted by molar-refractivity contribution is -0.150. The highest BCUT2D eigenvalue weighted by atomic mass is 35.5. The first kappa shape index (κ1) is 70.4. The van der Waals surface area contributed by atoms with Crippen LogP contribution >= 0.6 is 58.0 Å². The number of anilines is 3. The van der Waals surface area contributed by atoms with Gasteiger partial charge < -0.3 is 45.6 Å². The summed E-state index contributed by atoms with van der Waals surface area (Å²) in [5.74, 6) is -1.26. The molecular weight excluding hydrogens is 1350 g/mol. The number of aromatic nitrogens is 11. The quantitative estimate of drug-likeness (QED) is 0.0303. The average Bonchev–Trinajstić information content (AvgIpc) is 1.60. The SMILES string of the molecule is CC(C)OC(=O)[C@@H](C)NP1(=O)OC[C@H]2O[C@@H](n3cnc4c(N)ncnc43)[C@](C)(Cl)[C@@H]2O1.CC(C)OC(=O)[C@@H](C)N[P@@]1(=O)OC[C@H]2O[C@@H](n3cnc4c(N)ncnc43)[C@](C)(Cl)[C@@H]2O1.CC(C)OC(=O)[C@@H](C)N[P@]1(=O)OC[C@H]2O[C@@H](n3cnc4c(N)ccnc43)[C@](C)(Cl)[C@@H]2O1. The zero-order valence-corrected chi connectivity index (χ0v) is 57.2. The highest BCUT2D eigenvalue weighted by Gasteiger charge is 2.63. The lowest BCUT2D eigenvalue weighted by atomic mass is 10.0. The topological polar surface area (TPSA) is 445 Å². The van der Waals surface area contributed by atoms with Gasteiger partial charge in [-0.05, 0) is 89.2 Å². The fourth-order valence-electron chi connectivity index (χ4n) is 10.9. The van der Waals surface area contributed by atoms with Crippen molar-refractivity contribution in [3.05, 3.63) is 43.9 Å². The Morgan fingerprint density at radius 3 is 1.12 bits per heavy atom. The van der Waals surface area contributed by atoms with Crippen molar-refractivity contribution < 1.29 is 83.6 Å². The van der Waals surface area contributed by atoms with E-state index in [9.17, 15) is 28.1 Å². The summed E-state index contributed by atoms with van der Waals surface area (Å²) in [5, 5.41) is 7.82. The molecule has 9 N–H and O–H groups in total. The second-order valence-electron chi connectivity index (χ2n) is 23.9. The van der Waals surface area contributed by atoms with Gasteiger partial charge in [-0.3, -0.25) is 55.2 Å². The van der Waals surface area contributed by atoms with Crippen LogP contribution in [0.4, 0.5) is 17.3 Å². The molecule has 12 rings (SSSR count). The first-order valence-electron chi connectivity index (χ1n) is 29.2. The van der Waals surface area contributed by atoms with Crippen LogP contribution < -0.4 is 32.5 Å². The van der Waals surface area contributed by atoms with Crippen LogP contribution in [0.2, 0.25) is 0 Å². The van der Waals surface area contributed by atoms with E-state index in [1.807, 2.05) is 0 Å². The van der Waals surface area contributed by atoms with Crippen molar-refractivity contribution in [3.8, 4) is 0 Å². The number of hydrogen-bond donors (Lipinski definition) is 6. The molecule has 18 atom stereocenters. The Bertz CT molecular complexity index is 3530. The first-order chi connectivity index (χ1) is 43.5. The Kier molecular flexibility index (Phi) is 20.4. The monoisotopic (exact) mass is 1420 g/mol. The second kappa shape index (κ2) is 26.9. The van der Waals surface area contributed by atoms with Crippen LogP contribution in [0.3, 0.4) is 0 Å². The second-order valence-corrected chi connectivity index (χ2v) is 31.5. The number of carbonyl (C=O) groups is 3. The maximum absolute atomic E-state index is 13.2. The largest absolute Gasteiger partial charge is 0.462 e. The molecule has 6 aliphatic heterocycles. The molecule has 6 aromatic rings. The minimum absolute atomic E-state index is 0.0398. The van der Waals surface area contributed by atoms with E-state index in [-0.39, 0.29) is 49.8 Å². The van der Waals surface area contributed by atoms with E-state index in [4.69, 9.17) is 108 Å². The molecule has 0 aliphatic carbocycles. The number of hydrogen-bond acceptors (Lipinski definition) is 29. The maximum Gasteiger partial charge on any atom is 0.406 e. The molecule has 6 fully saturated rings. The van der Waals surface area contributed by atoms with Crippen molar-refractivity contribution in [1.29, 1.82) is 0 Å². The highest BCUT2D eigenvalue weighted by Crippen LogP contribution is 2.61. The van der Waals surface area contributed by atoms with Crippen LogP contribution in [0.15, 0.2) is 43.9 Å². The standard InChI is InChI=1S/C18H25ClN5O6P.2C17H24ClN6O6P/c1-9(2)28-16(25)10(3)23-31(26)27-7-12-14(30-31)18(4,19)17(29-12)24-8-22-13-11(20)5-6-21-15(13)24;2*1-8(2)28-15(25)9(3)23-31(26)27-5-10-12(30-31)17(4,18)16(29-10)24-7-22-11-13(19)20-6-21-14(11)24/h5-6,8-10,12,14,17H,7H2,1-4H3,(H2,20,21)(H,23,26);2*6-10,12,16H,5H2,1-4H3,(H,23,26)(H2,19,20,21)/t10-,12-,14-,17-,18-,31+;9-,10-,12-,16-,17-,31?;9-,10-,12-,16-,17-,31-/m111/s1. The van der Waals surface area contributed by atoms with Crippen LogP contribution in [0.1, 0.15) is 102 Å². The molecular formula is C52H73Cl3N17O18P3. The van der Waals surface area contributed by atoms with Gasteiger partial charge in [0, 0.05) is 6.20 Å². The van der Waals surface area contributed by atoms with Crippen LogP contribution in [-0.2, 0) is 83.6 Å². The molecule has 6 aromatic heterocycles. The molecule has 0 bridgehead atoms. The number of carbonyl (C=O) groups excluding carboxylic acids is 3. The minimum Gasteiger partial charge on any atom is -0.462 e. The van der Waals surface area contributed by atoms with Crippen molar-refractivity contribution in [2.75, 3.05) is 37.0 Å². The van der Waals surface area contributed by atoms with Gasteiger partial charge in [0.25, 0.3) is 0 Å². The third-order valence-electron chi connectivity index (χ3n) is 15.2. The summed E-state index contributed by atoms with van der Waals surface area (Å²) in [6, 6.07) is -1.09. The van der Waals surface area contributed by atoms with Crippen molar-refractivity contribution in [2.45, 2.75) is 189 Å². The van der Waals surface area contributed by atoms with Crippen LogP contribution in [0.25, 0.3) is 33.5 Å². The van der Waals surface area contributed by atoms with Gasteiger partial charge in [-0.1, -0.05) is 0 Å². The summed E-state index contributed by atoms with van der Waals surface area (Å²) in [5.41, 5.74) is 20.9. The lowest BCUT2D eigenvalue weighted by Gasteiger charge is -2.36. The Morgan fingerprint density at radius 1 is 0.505 bits per heavy atom. The first-order valence-corrected chi connectivity index (χ1v) is 35.0. The summed E-state index contributed by atoms with van der Waals surface area (Å²) < 4.78 is 112. The Morgan fingerprint density at radius 2 is 0.806 bits per heavy atom. The number of pyridine rings is 1. The predicted molar refractivity (Wildman–Crippen MR) is 333 cm³/mol. The number of imidazole rings is 3. The van der Waals surface area contributed by atoms with E-state index >= 15 is 0 Å². The van der Waals surface area contributed by atoms with E-state index in [1.54, 1.807) is 94.6 Å². The van der Waals surface area contributed by atoms with E-state index in [2.05, 4.69) is 55.1 Å². The smallest absolute Gasteiger partial charge is 0.406 e.